The lowest BCUT2D eigenvalue weighted by atomic mass is 10.2. The fourth-order valence-corrected chi connectivity index (χ4v) is 3.42. The second-order valence-corrected chi connectivity index (χ2v) is 8.86. The van der Waals surface area contributed by atoms with Gasteiger partial charge in [-0.3, -0.25) is 4.79 Å². The van der Waals surface area contributed by atoms with E-state index in [1.165, 1.54) is 17.3 Å². The average Bonchev–Trinajstić information content (AvgIpc) is 2.68. The maximum absolute atomic E-state index is 12.0. The van der Waals surface area contributed by atoms with Gasteiger partial charge in [0, 0.05) is 32.2 Å². The van der Waals surface area contributed by atoms with Gasteiger partial charge in [0.2, 0.25) is 5.91 Å². The molecule has 0 spiro atoms. The molecule has 1 N–H and O–H groups in total. The van der Waals surface area contributed by atoms with E-state index < -0.39 is 0 Å². The summed E-state index contributed by atoms with van der Waals surface area (Å²) >= 11 is 7.58. The van der Waals surface area contributed by atoms with Gasteiger partial charge in [0.15, 0.2) is 5.16 Å². The Morgan fingerprint density at radius 1 is 1.17 bits per heavy atom. The number of halogens is 1. The van der Waals surface area contributed by atoms with Crippen molar-refractivity contribution in [2.24, 2.45) is 5.92 Å². The van der Waals surface area contributed by atoms with Crippen LogP contribution in [0.5, 0.6) is 0 Å². The summed E-state index contributed by atoms with van der Waals surface area (Å²) in [7, 11) is 4.09. The largest absolute Gasteiger partial charge is 0.355 e. The van der Waals surface area contributed by atoms with Gasteiger partial charge < -0.3 is 15.1 Å². The van der Waals surface area contributed by atoms with Gasteiger partial charge in [-0.25, -0.2) is 9.97 Å². The SMILES string of the molecule is CC(C)CNC(=O)CSc1nc(Cl)cc(N(CCN(C)C)Cc2ccccc2)n1. The van der Waals surface area contributed by atoms with Crippen molar-refractivity contribution in [2.75, 3.05) is 44.4 Å². The molecule has 0 saturated heterocycles. The molecule has 0 aliphatic carbocycles. The molecule has 1 amide bonds. The van der Waals surface area contributed by atoms with E-state index in [9.17, 15) is 4.79 Å². The highest BCUT2D eigenvalue weighted by molar-refractivity contribution is 7.99. The minimum atomic E-state index is -0.0254. The minimum Gasteiger partial charge on any atom is -0.355 e. The van der Waals surface area contributed by atoms with E-state index in [0.29, 0.717) is 22.8 Å². The Kier molecular flexibility index (Phi) is 9.70. The van der Waals surface area contributed by atoms with Gasteiger partial charge >= 0.3 is 0 Å². The first kappa shape index (κ1) is 23.4. The van der Waals surface area contributed by atoms with E-state index in [0.717, 1.165) is 25.5 Å². The van der Waals surface area contributed by atoms with E-state index in [2.05, 4.69) is 51.1 Å². The second kappa shape index (κ2) is 12.0. The fraction of sp³-hybridized carbons (Fsp3) is 0.476. The molecule has 6 nitrogen and oxygen atoms in total. The number of benzene rings is 1. The molecule has 2 rings (SSSR count). The first-order chi connectivity index (χ1) is 13.8. The Morgan fingerprint density at radius 3 is 2.55 bits per heavy atom. The number of rotatable bonds is 11. The van der Waals surface area contributed by atoms with Gasteiger partial charge in [0.25, 0.3) is 0 Å². The van der Waals surface area contributed by atoms with Gasteiger partial charge in [0.05, 0.1) is 5.75 Å². The van der Waals surface area contributed by atoms with Crippen molar-refractivity contribution in [3.63, 3.8) is 0 Å². The molecule has 0 radical (unpaired) electrons. The molecule has 0 bridgehead atoms. The molecule has 0 saturated carbocycles. The van der Waals surface area contributed by atoms with Crippen LogP contribution in [0.4, 0.5) is 5.82 Å². The Morgan fingerprint density at radius 2 is 1.90 bits per heavy atom. The zero-order chi connectivity index (χ0) is 21.2. The normalized spacial score (nSPS) is 11.1. The van der Waals surface area contributed by atoms with Crippen molar-refractivity contribution in [3.8, 4) is 0 Å². The molecule has 8 heteroatoms. The molecule has 1 aromatic heterocycles. The quantitative estimate of drug-likeness (QED) is 0.331. The van der Waals surface area contributed by atoms with Gasteiger partial charge in [-0.2, -0.15) is 0 Å². The van der Waals surface area contributed by atoms with Crippen molar-refractivity contribution in [1.82, 2.24) is 20.2 Å². The zero-order valence-corrected chi connectivity index (χ0v) is 19.1. The molecule has 0 aliphatic rings. The summed E-state index contributed by atoms with van der Waals surface area (Å²) in [6.07, 6.45) is 0. The Labute approximate surface area is 183 Å². The third-order valence-electron chi connectivity index (χ3n) is 4.06. The predicted octanol–water partition coefficient (Wildman–Crippen LogP) is 3.56. The molecule has 29 heavy (non-hydrogen) atoms. The number of nitrogens with zero attached hydrogens (tertiary/aromatic N) is 4. The average molecular weight is 436 g/mol. The van der Waals surface area contributed by atoms with E-state index in [1.54, 1.807) is 6.07 Å². The Hall–Kier alpha value is -1.83. The molecule has 0 fully saturated rings. The summed E-state index contributed by atoms with van der Waals surface area (Å²) in [5.41, 5.74) is 1.20. The number of hydrogen-bond acceptors (Lipinski definition) is 6. The fourth-order valence-electron chi connectivity index (χ4n) is 2.51. The van der Waals surface area contributed by atoms with Crippen LogP contribution in [0.25, 0.3) is 0 Å². The zero-order valence-electron chi connectivity index (χ0n) is 17.6. The molecular formula is C21H30ClN5OS. The summed E-state index contributed by atoms with van der Waals surface area (Å²) in [6, 6.07) is 12.0. The lowest BCUT2D eigenvalue weighted by Crippen LogP contribution is -2.32. The van der Waals surface area contributed by atoms with E-state index in [1.807, 2.05) is 32.3 Å². The van der Waals surface area contributed by atoms with E-state index >= 15 is 0 Å². The highest BCUT2D eigenvalue weighted by Gasteiger charge is 2.14. The number of carbonyl (C=O) groups excluding carboxylic acids is 1. The highest BCUT2D eigenvalue weighted by atomic mass is 35.5. The lowest BCUT2D eigenvalue weighted by molar-refractivity contribution is -0.118. The summed E-state index contributed by atoms with van der Waals surface area (Å²) < 4.78 is 0. The van der Waals surface area contributed by atoms with Crippen LogP contribution in [0, 0.1) is 5.92 Å². The van der Waals surface area contributed by atoms with Crippen LogP contribution >= 0.6 is 23.4 Å². The van der Waals surface area contributed by atoms with Crippen molar-refractivity contribution in [1.29, 1.82) is 0 Å². The Balaban J connectivity index is 2.12. The number of amides is 1. The van der Waals surface area contributed by atoms with Crippen molar-refractivity contribution < 1.29 is 4.79 Å². The molecule has 1 aromatic carbocycles. The summed E-state index contributed by atoms with van der Waals surface area (Å²) in [6.45, 7) is 7.20. The van der Waals surface area contributed by atoms with Crippen LogP contribution in [-0.2, 0) is 11.3 Å². The first-order valence-corrected chi connectivity index (χ1v) is 11.1. The van der Waals surface area contributed by atoms with Gasteiger partial charge in [-0.05, 0) is 25.6 Å². The van der Waals surface area contributed by atoms with Gasteiger partial charge in [-0.1, -0.05) is 67.5 Å². The van der Waals surface area contributed by atoms with Crippen LogP contribution in [0.15, 0.2) is 41.6 Å². The Bertz CT molecular complexity index is 773. The molecule has 2 aromatic rings. The third-order valence-corrected chi connectivity index (χ3v) is 5.10. The summed E-state index contributed by atoms with van der Waals surface area (Å²) in [5.74, 6) is 1.42. The number of anilines is 1. The maximum atomic E-state index is 12.0. The van der Waals surface area contributed by atoms with E-state index in [-0.39, 0.29) is 11.7 Å². The third kappa shape index (κ3) is 9.02. The maximum Gasteiger partial charge on any atom is 0.230 e. The standard InChI is InChI=1S/C21H30ClN5OS/c1-16(2)13-23-20(28)15-29-21-24-18(22)12-19(25-21)27(11-10-26(3)4)14-17-8-6-5-7-9-17/h5-9,12,16H,10-11,13-15H2,1-4H3,(H,23,28). The van der Waals surface area contributed by atoms with Crippen LogP contribution in [-0.4, -0.2) is 60.3 Å². The van der Waals surface area contributed by atoms with Gasteiger partial charge in [0.1, 0.15) is 11.0 Å². The van der Waals surface area contributed by atoms with Crippen LogP contribution in [0.3, 0.4) is 0 Å². The van der Waals surface area contributed by atoms with Gasteiger partial charge in [-0.15, -0.1) is 0 Å². The number of likely N-dealkylation sites (N-methyl/N-ethyl adjacent to an activating group) is 1. The molecule has 0 aliphatic heterocycles. The number of nitrogens with one attached hydrogen (secondary N) is 1. The monoisotopic (exact) mass is 435 g/mol. The number of carbonyl (C=O) groups is 1. The minimum absolute atomic E-state index is 0.0254. The predicted molar refractivity (Wildman–Crippen MR) is 122 cm³/mol. The molecular weight excluding hydrogens is 406 g/mol. The van der Waals surface area contributed by atoms with Crippen LogP contribution in [0.2, 0.25) is 5.15 Å². The molecule has 1 heterocycles. The number of thioether (sulfide) groups is 1. The van der Waals surface area contributed by atoms with Crippen molar-refractivity contribution >= 4 is 35.1 Å². The lowest BCUT2D eigenvalue weighted by Gasteiger charge is -2.26. The molecule has 0 atom stereocenters. The second-order valence-electron chi connectivity index (χ2n) is 7.53. The van der Waals surface area contributed by atoms with E-state index in [4.69, 9.17) is 11.6 Å². The summed E-state index contributed by atoms with van der Waals surface area (Å²) in [5, 5.41) is 3.79. The first-order valence-electron chi connectivity index (χ1n) is 9.71. The van der Waals surface area contributed by atoms with Crippen molar-refractivity contribution in [3.05, 3.63) is 47.1 Å². The molecule has 0 unspecified atom stereocenters. The molecule has 158 valence electrons. The van der Waals surface area contributed by atoms with Crippen LogP contribution in [0.1, 0.15) is 19.4 Å². The number of aromatic nitrogens is 2. The smallest absolute Gasteiger partial charge is 0.230 e. The van der Waals surface area contributed by atoms with Crippen LogP contribution < -0.4 is 10.2 Å². The topological polar surface area (TPSA) is 61.4 Å². The summed E-state index contributed by atoms with van der Waals surface area (Å²) in [4.78, 5) is 25.3. The number of hydrogen-bond donors (Lipinski definition) is 1. The van der Waals surface area contributed by atoms with Crippen molar-refractivity contribution in [2.45, 2.75) is 25.5 Å². The highest BCUT2D eigenvalue weighted by Crippen LogP contribution is 2.23.